The maximum Gasteiger partial charge on any atom is 0.338 e. The van der Waals surface area contributed by atoms with Crippen molar-refractivity contribution in [2.45, 2.75) is 109 Å². The topological polar surface area (TPSA) is 174 Å². The van der Waals surface area contributed by atoms with Gasteiger partial charge < -0.3 is 24.4 Å². The Labute approximate surface area is 344 Å². The van der Waals surface area contributed by atoms with E-state index in [1.165, 1.54) is 24.3 Å². The summed E-state index contributed by atoms with van der Waals surface area (Å²) in [6, 6.07) is 9.27. The van der Waals surface area contributed by atoms with Crippen molar-refractivity contribution in [3.8, 4) is 11.6 Å². The monoisotopic (exact) mass is 837 g/mol. The van der Waals surface area contributed by atoms with Crippen LogP contribution in [0.25, 0.3) is 10.8 Å². The van der Waals surface area contributed by atoms with E-state index >= 15 is 9.59 Å². The van der Waals surface area contributed by atoms with E-state index in [9.17, 15) is 18.0 Å². The lowest BCUT2D eigenvalue weighted by Crippen LogP contribution is -2.64. The zero-order chi connectivity index (χ0) is 42.5. The van der Waals surface area contributed by atoms with Gasteiger partial charge in [-0.15, -0.1) is 6.58 Å². The molecular weight excluding hydrogens is 786 g/mol. The van der Waals surface area contributed by atoms with Crippen LogP contribution in [0.4, 0.5) is 10.5 Å². The average molecular weight is 838 g/mol. The van der Waals surface area contributed by atoms with E-state index in [-0.39, 0.29) is 24.4 Å². The Morgan fingerprint density at radius 1 is 1.07 bits per heavy atom. The van der Waals surface area contributed by atoms with Gasteiger partial charge in [0.2, 0.25) is 15.9 Å². The molecule has 16 heteroatoms. The Balaban J connectivity index is 1.36. The molecule has 1 aliphatic heterocycles. The highest BCUT2D eigenvalue weighted by Crippen LogP contribution is 2.52. The highest BCUT2D eigenvalue weighted by molar-refractivity contribution is 7.91. The first-order valence-corrected chi connectivity index (χ1v) is 21.2. The van der Waals surface area contributed by atoms with E-state index in [2.05, 4.69) is 21.6 Å². The number of ether oxygens (including phenoxy) is 3. The summed E-state index contributed by atoms with van der Waals surface area (Å²) in [6.45, 7) is 16.4. The van der Waals surface area contributed by atoms with E-state index < -0.39 is 79.7 Å². The van der Waals surface area contributed by atoms with Crippen molar-refractivity contribution >= 4 is 61.9 Å². The summed E-state index contributed by atoms with van der Waals surface area (Å²) in [5.74, 6) is -2.24. The second-order valence-electron chi connectivity index (χ2n) is 17.4. The van der Waals surface area contributed by atoms with Crippen LogP contribution in [-0.4, -0.2) is 95.2 Å². The number of anilines is 1. The molecule has 312 valence electrons. The number of hydrogen-bond donors (Lipinski definition) is 2. The van der Waals surface area contributed by atoms with Gasteiger partial charge in [0.05, 0.1) is 30.7 Å². The Morgan fingerprint density at radius 3 is 2.38 bits per heavy atom. The van der Waals surface area contributed by atoms with E-state index in [4.69, 9.17) is 25.8 Å². The number of amides is 4. The number of sulfonamides is 1. The third-order valence-corrected chi connectivity index (χ3v) is 12.7. The first-order chi connectivity index (χ1) is 27.1. The molecule has 6 rings (SSSR count). The number of carbonyl (C=O) groups excluding carboxylic acids is 4. The fourth-order valence-electron chi connectivity index (χ4n) is 7.37. The summed E-state index contributed by atoms with van der Waals surface area (Å²) < 4.78 is 46.0. The molecule has 1 saturated heterocycles. The number of pyridine rings is 1. The van der Waals surface area contributed by atoms with Crippen molar-refractivity contribution in [3.63, 3.8) is 0 Å². The molecule has 2 N–H and O–H groups in total. The number of nitrogens with one attached hydrogen (secondary N) is 2. The first-order valence-electron chi connectivity index (χ1n) is 19.3. The minimum absolute atomic E-state index is 0.0158. The number of hydrogen-bond acceptors (Lipinski definition) is 11. The van der Waals surface area contributed by atoms with Crippen LogP contribution in [0.5, 0.6) is 11.6 Å². The number of fused-ring (bicyclic) bond motifs is 1. The minimum atomic E-state index is -4.07. The standard InChI is InChI=1S/C42H52ClN5O9S/c1-10-26-21-42(26,38(51)46-58(53,54)30-15-16-30)48(36(49)34(40(3,4)5)45-28-13-11-12-25(19-28)37(50)57-41(6,7)8)39(52)47-23-29(18-24(47)2)56-35-32-20-27(43)14-17-31(32)33(55-9)22-44-35/h10-14,17,19-20,22,24,26,29-30,34,45H,1,15-16,18,21,23H2,2-9H3,(H,46,51)/t24?,26-,29-,34-,42-/m1/s1. The van der Waals surface area contributed by atoms with Gasteiger partial charge in [-0.3, -0.25) is 14.3 Å². The third-order valence-electron chi connectivity index (χ3n) is 10.6. The molecule has 2 saturated carbocycles. The molecule has 0 bridgehead atoms. The number of imide groups is 1. The van der Waals surface area contributed by atoms with Gasteiger partial charge in [-0.05, 0) is 88.8 Å². The van der Waals surface area contributed by atoms with Crippen LogP contribution >= 0.6 is 11.6 Å². The zero-order valence-corrected chi connectivity index (χ0v) is 35.7. The van der Waals surface area contributed by atoms with Crippen LogP contribution in [0.3, 0.4) is 0 Å². The van der Waals surface area contributed by atoms with Gasteiger partial charge in [0, 0.05) is 39.9 Å². The lowest BCUT2D eigenvalue weighted by molar-refractivity contribution is -0.141. The average Bonchev–Trinajstić information content (AvgIpc) is 4.07. The van der Waals surface area contributed by atoms with E-state index in [1.807, 2.05) is 6.92 Å². The number of methoxy groups -OCH3 is 1. The van der Waals surface area contributed by atoms with Crippen molar-refractivity contribution in [2.24, 2.45) is 11.3 Å². The van der Waals surface area contributed by atoms with Gasteiger partial charge in [-0.25, -0.2) is 27.9 Å². The molecule has 14 nitrogen and oxygen atoms in total. The molecule has 3 fully saturated rings. The number of nitrogens with zero attached hydrogens (tertiary/aromatic N) is 3. The van der Waals surface area contributed by atoms with Gasteiger partial charge in [-0.2, -0.15) is 0 Å². The number of rotatable bonds is 12. The van der Waals surface area contributed by atoms with Crippen molar-refractivity contribution in [1.82, 2.24) is 19.5 Å². The molecule has 2 aromatic carbocycles. The number of likely N-dealkylation sites (tertiary alicyclic amines) is 1. The summed E-state index contributed by atoms with van der Waals surface area (Å²) in [5.41, 5.74) is -2.91. The summed E-state index contributed by atoms with van der Waals surface area (Å²) >= 11 is 6.35. The van der Waals surface area contributed by atoms with E-state index in [0.717, 1.165) is 10.3 Å². The molecule has 0 radical (unpaired) electrons. The van der Waals surface area contributed by atoms with Gasteiger partial charge in [-0.1, -0.05) is 44.5 Å². The van der Waals surface area contributed by atoms with Gasteiger partial charge in [0.1, 0.15) is 29.0 Å². The van der Waals surface area contributed by atoms with Crippen LogP contribution in [0, 0.1) is 11.3 Å². The van der Waals surface area contributed by atoms with Crippen molar-refractivity contribution < 1.29 is 41.8 Å². The SMILES string of the molecule is C=C[C@@H]1C[C@@]1(C(=O)NS(=O)(=O)C1CC1)N(C(=O)[C@@H](Nc1cccc(C(=O)OC(C)(C)C)c1)C(C)(C)C)C(=O)N1C[C@H](Oc2ncc(OC)c3ccc(Cl)cc23)CC1C. The maximum atomic E-state index is 15.3. The Kier molecular flexibility index (Phi) is 11.6. The minimum Gasteiger partial charge on any atom is -0.494 e. The van der Waals surface area contributed by atoms with Crippen LogP contribution in [-0.2, 0) is 24.3 Å². The Hall–Kier alpha value is -4.89. The smallest absolute Gasteiger partial charge is 0.338 e. The predicted octanol–water partition coefficient (Wildman–Crippen LogP) is 6.72. The lowest BCUT2D eigenvalue weighted by atomic mass is 9.85. The number of carbonyl (C=O) groups is 4. The quantitative estimate of drug-likeness (QED) is 0.146. The Bertz CT molecular complexity index is 2250. The highest BCUT2D eigenvalue weighted by Gasteiger charge is 2.68. The van der Waals surface area contributed by atoms with Gasteiger partial charge in [0.15, 0.2) is 0 Å². The number of aromatic nitrogens is 1. The number of benzene rings is 2. The number of halogens is 1. The van der Waals surface area contributed by atoms with E-state index in [1.54, 1.807) is 84.0 Å². The molecule has 0 spiro atoms. The maximum absolute atomic E-state index is 15.3. The first kappa shape index (κ1) is 42.7. The lowest BCUT2D eigenvalue weighted by Gasteiger charge is -2.40. The summed E-state index contributed by atoms with van der Waals surface area (Å²) in [5, 5.41) is 4.30. The number of esters is 1. The molecule has 1 aromatic heterocycles. The molecule has 4 amide bonds. The van der Waals surface area contributed by atoms with Gasteiger partial charge >= 0.3 is 12.0 Å². The van der Waals surface area contributed by atoms with Crippen molar-refractivity contribution in [3.05, 3.63) is 71.9 Å². The molecule has 5 atom stereocenters. The largest absolute Gasteiger partial charge is 0.494 e. The van der Waals surface area contributed by atoms with Crippen molar-refractivity contribution in [1.29, 1.82) is 0 Å². The fraction of sp³-hybridized carbons (Fsp3) is 0.500. The Morgan fingerprint density at radius 2 is 1.78 bits per heavy atom. The highest BCUT2D eigenvalue weighted by atomic mass is 35.5. The molecule has 2 heterocycles. The van der Waals surface area contributed by atoms with Crippen LogP contribution < -0.4 is 19.5 Å². The molecular formula is C42H52ClN5O9S. The molecule has 2 aliphatic carbocycles. The molecule has 58 heavy (non-hydrogen) atoms. The molecule has 3 aliphatic rings. The summed E-state index contributed by atoms with van der Waals surface area (Å²) in [6.07, 6.45) is 3.54. The third kappa shape index (κ3) is 8.75. The second kappa shape index (κ2) is 15.7. The zero-order valence-electron chi connectivity index (χ0n) is 34.1. The van der Waals surface area contributed by atoms with Crippen LogP contribution in [0.2, 0.25) is 5.02 Å². The molecule has 1 unspecified atom stereocenters. The number of urea groups is 1. The van der Waals surface area contributed by atoms with E-state index in [0.29, 0.717) is 41.1 Å². The molecule has 3 aromatic rings. The second-order valence-corrected chi connectivity index (χ2v) is 19.8. The van der Waals surface area contributed by atoms with Crippen LogP contribution in [0.1, 0.15) is 84.5 Å². The van der Waals surface area contributed by atoms with Crippen LogP contribution in [0.15, 0.2) is 61.3 Å². The fourth-order valence-corrected chi connectivity index (χ4v) is 8.90. The summed E-state index contributed by atoms with van der Waals surface area (Å²) in [7, 11) is -2.54. The van der Waals surface area contributed by atoms with Crippen molar-refractivity contribution in [2.75, 3.05) is 19.0 Å². The normalized spacial score (nSPS) is 22.4. The summed E-state index contributed by atoms with van der Waals surface area (Å²) in [4.78, 5) is 64.6. The van der Waals surface area contributed by atoms with Gasteiger partial charge in [0.25, 0.3) is 11.8 Å². The predicted molar refractivity (Wildman–Crippen MR) is 220 cm³/mol.